The van der Waals surface area contributed by atoms with Crippen LogP contribution in [0, 0.1) is 0 Å². The Hall–Kier alpha value is -4.41. The van der Waals surface area contributed by atoms with Gasteiger partial charge in [0.25, 0.3) is 5.91 Å². The third kappa shape index (κ3) is 7.79. The number of amides is 4. The Morgan fingerprint density at radius 1 is 1.05 bits per heavy atom. The number of fused-ring (bicyclic) bond motifs is 1. The molecule has 0 aromatic heterocycles. The van der Waals surface area contributed by atoms with Crippen LogP contribution in [-0.2, 0) is 25.6 Å². The van der Waals surface area contributed by atoms with E-state index in [9.17, 15) is 29.1 Å². The zero-order valence-corrected chi connectivity index (χ0v) is 21.1. The highest BCUT2D eigenvalue weighted by atomic mass is 16.5. The number of para-hydroxylation sites is 1. The predicted molar refractivity (Wildman–Crippen MR) is 137 cm³/mol. The van der Waals surface area contributed by atoms with Crippen molar-refractivity contribution < 1.29 is 33.8 Å². The number of likely N-dealkylation sites (N-methyl/N-ethyl adjacent to an activating group) is 1. The smallest absolute Gasteiger partial charge is 0.326 e. The largest absolute Gasteiger partial charge is 0.491 e. The van der Waals surface area contributed by atoms with Gasteiger partial charge in [-0.15, -0.1) is 0 Å². The number of nitrogens with zero attached hydrogens (tertiary/aromatic N) is 1. The zero-order valence-electron chi connectivity index (χ0n) is 21.1. The van der Waals surface area contributed by atoms with Crippen molar-refractivity contribution in [1.82, 2.24) is 15.5 Å². The van der Waals surface area contributed by atoms with Crippen LogP contribution < -0.4 is 21.1 Å². The van der Waals surface area contributed by atoms with E-state index in [4.69, 9.17) is 10.5 Å². The summed E-state index contributed by atoms with van der Waals surface area (Å²) in [4.78, 5) is 63.9. The Morgan fingerprint density at radius 3 is 2.42 bits per heavy atom. The van der Waals surface area contributed by atoms with Gasteiger partial charge in [-0.25, -0.2) is 4.79 Å². The molecule has 0 bridgehead atoms. The number of carbonyl (C=O) groups excluding carboxylic acids is 4. The first-order valence-corrected chi connectivity index (χ1v) is 12.3. The first-order chi connectivity index (χ1) is 18.2. The molecule has 1 aliphatic heterocycles. The van der Waals surface area contributed by atoms with Gasteiger partial charge in [0.15, 0.2) is 0 Å². The first-order valence-electron chi connectivity index (χ1n) is 12.3. The second-order valence-electron chi connectivity index (χ2n) is 9.13. The maximum Gasteiger partial charge on any atom is 0.326 e. The minimum atomic E-state index is -1.35. The molecule has 38 heavy (non-hydrogen) atoms. The molecule has 0 saturated heterocycles. The van der Waals surface area contributed by atoms with Crippen LogP contribution in [0.25, 0.3) is 0 Å². The van der Waals surface area contributed by atoms with Gasteiger partial charge in [-0.2, -0.15) is 0 Å². The molecule has 0 aliphatic carbocycles. The first kappa shape index (κ1) is 28.2. The number of hydrogen-bond donors (Lipinski definition) is 4. The van der Waals surface area contributed by atoms with Crippen molar-refractivity contribution in [2.75, 3.05) is 13.7 Å². The topological polar surface area (TPSA) is 168 Å². The van der Waals surface area contributed by atoms with Crippen LogP contribution in [0.15, 0.2) is 54.6 Å². The minimum Gasteiger partial charge on any atom is -0.491 e. The lowest BCUT2D eigenvalue weighted by atomic mass is 10.0. The van der Waals surface area contributed by atoms with Crippen molar-refractivity contribution in [2.24, 2.45) is 5.73 Å². The van der Waals surface area contributed by atoms with Crippen molar-refractivity contribution >= 4 is 29.6 Å². The van der Waals surface area contributed by atoms with Gasteiger partial charge in [0, 0.05) is 19.9 Å². The van der Waals surface area contributed by atoms with Crippen LogP contribution >= 0.6 is 0 Å². The number of carboxylic acids is 1. The van der Waals surface area contributed by atoms with Crippen LogP contribution in [0.2, 0.25) is 0 Å². The number of hydrogen-bond acceptors (Lipinski definition) is 6. The van der Waals surface area contributed by atoms with E-state index in [1.807, 2.05) is 30.3 Å². The Balaban J connectivity index is 1.98. The second kappa shape index (κ2) is 13.2. The number of primary amides is 1. The minimum absolute atomic E-state index is 0.000270. The molecule has 11 nitrogen and oxygen atoms in total. The molecule has 3 atom stereocenters. The predicted octanol–water partition coefficient (Wildman–Crippen LogP) is 0.862. The average molecular weight is 525 g/mol. The van der Waals surface area contributed by atoms with Gasteiger partial charge in [-0.05, 0) is 37.0 Å². The maximum atomic E-state index is 13.6. The summed E-state index contributed by atoms with van der Waals surface area (Å²) in [7, 11) is 1.58. The summed E-state index contributed by atoms with van der Waals surface area (Å²) in [5.41, 5.74) is 6.35. The Bertz CT molecular complexity index is 1170. The summed E-state index contributed by atoms with van der Waals surface area (Å²) in [6.07, 6.45) is -0.224. The van der Waals surface area contributed by atoms with Crippen LogP contribution in [-0.4, -0.2) is 71.4 Å². The third-order valence-corrected chi connectivity index (χ3v) is 6.35. The van der Waals surface area contributed by atoms with Gasteiger partial charge >= 0.3 is 5.97 Å². The lowest BCUT2D eigenvalue weighted by molar-refractivity contribution is -0.140. The van der Waals surface area contributed by atoms with Gasteiger partial charge in [-0.1, -0.05) is 42.5 Å². The maximum absolute atomic E-state index is 13.6. The van der Waals surface area contributed by atoms with E-state index >= 15 is 0 Å². The van der Waals surface area contributed by atoms with Crippen molar-refractivity contribution in [3.8, 4) is 5.75 Å². The second-order valence-corrected chi connectivity index (χ2v) is 9.13. The lowest BCUT2D eigenvalue weighted by Gasteiger charge is -2.32. The molecule has 5 N–H and O–H groups in total. The van der Waals surface area contributed by atoms with Gasteiger partial charge < -0.3 is 31.1 Å². The van der Waals surface area contributed by atoms with Crippen molar-refractivity contribution in [3.63, 3.8) is 0 Å². The molecule has 4 amide bonds. The normalized spacial score (nSPS) is 21.1. The monoisotopic (exact) mass is 524 g/mol. The average Bonchev–Trinajstić information content (AvgIpc) is 2.90. The molecule has 202 valence electrons. The van der Waals surface area contributed by atoms with Crippen LogP contribution in [0.4, 0.5) is 0 Å². The molecule has 0 saturated carbocycles. The van der Waals surface area contributed by atoms with Gasteiger partial charge in [0.2, 0.25) is 17.7 Å². The summed E-state index contributed by atoms with van der Waals surface area (Å²) >= 11 is 0. The number of rotatable bonds is 6. The van der Waals surface area contributed by atoms with Crippen LogP contribution in [0.1, 0.15) is 41.6 Å². The summed E-state index contributed by atoms with van der Waals surface area (Å²) in [5.74, 6) is -3.41. The van der Waals surface area contributed by atoms with Crippen LogP contribution in [0.5, 0.6) is 5.75 Å². The Kier molecular flexibility index (Phi) is 9.80. The molecular weight excluding hydrogens is 492 g/mol. The van der Waals surface area contributed by atoms with E-state index in [1.54, 1.807) is 25.2 Å². The molecule has 0 unspecified atom stereocenters. The summed E-state index contributed by atoms with van der Waals surface area (Å²) in [6, 6.07) is 12.9. The number of benzene rings is 2. The van der Waals surface area contributed by atoms with E-state index in [2.05, 4.69) is 10.6 Å². The lowest BCUT2D eigenvalue weighted by Crippen LogP contribution is -2.52. The molecule has 3 rings (SSSR count). The van der Waals surface area contributed by atoms with E-state index < -0.39 is 47.7 Å². The Morgan fingerprint density at radius 2 is 1.74 bits per heavy atom. The number of carbonyl (C=O) groups is 5. The molecule has 1 aliphatic rings. The molecule has 2 aromatic rings. The fraction of sp³-hybridized carbons (Fsp3) is 0.370. The van der Waals surface area contributed by atoms with E-state index in [0.29, 0.717) is 6.42 Å². The molecule has 1 heterocycles. The van der Waals surface area contributed by atoms with Crippen molar-refractivity contribution in [3.05, 3.63) is 65.7 Å². The fourth-order valence-electron chi connectivity index (χ4n) is 4.16. The summed E-state index contributed by atoms with van der Waals surface area (Å²) in [6.45, 7) is 0.000270. The quantitative estimate of drug-likeness (QED) is 0.435. The van der Waals surface area contributed by atoms with E-state index in [1.165, 1.54) is 11.0 Å². The number of ether oxygens (including phenoxy) is 1. The highest BCUT2D eigenvalue weighted by Gasteiger charge is 2.31. The van der Waals surface area contributed by atoms with Gasteiger partial charge in [-0.3, -0.25) is 19.2 Å². The molecule has 0 spiro atoms. The van der Waals surface area contributed by atoms with E-state index in [0.717, 1.165) is 5.56 Å². The summed E-state index contributed by atoms with van der Waals surface area (Å²) < 4.78 is 6.02. The number of nitrogens with one attached hydrogen (secondary N) is 2. The van der Waals surface area contributed by atoms with E-state index in [-0.39, 0.29) is 43.6 Å². The summed E-state index contributed by atoms with van der Waals surface area (Å²) in [5, 5.41) is 14.7. The highest BCUT2D eigenvalue weighted by Crippen LogP contribution is 2.21. The SMILES string of the molecule is CN1C(=O)[C@H](CCC(N)=O)NC(=O)CC[C@@H](C(=O)O)NC(=O)c2ccccc2OC[C@H]1Cc1ccccc1. The molecule has 11 heteroatoms. The number of nitrogens with two attached hydrogens (primary N) is 1. The van der Waals surface area contributed by atoms with Crippen LogP contribution in [0.3, 0.4) is 0 Å². The standard InChI is InChI=1S/C27H32N4O7/c1-31-18(15-17-7-3-2-4-8-17)16-38-22-10-6-5-9-19(22)25(34)30-21(27(36)37)12-14-24(33)29-20(26(31)35)11-13-23(28)32/h2-10,18,20-21H,11-16H2,1H3,(H2,28,32)(H,29,33)(H,30,34)(H,36,37)/t18-,20+,21+/m1/s1. The molecule has 2 aromatic carbocycles. The molecule has 0 fully saturated rings. The molecular formula is C27H32N4O7. The van der Waals surface area contributed by atoms with Crippen molar-refractivity contribution in [1.29, 1.82) is 0 Å². The molecule has 0 radical (unpaired) electrons. The Labute approximate surface area is 220 Å². The van der Waals surface area contributed by atoms with Gasteiger partial charge in [0.05, 0.1) is 11.6 Å². The third-order valence-electron chi connectivity index (χ3n) is 6.35. The number of carboxylic acid groups (broad SMARTS) is 1. The highest BCUT2D eigenvalue weighted by molar-refractivity contribution is 5.99. The van der Waals surface area contributed by atoms with Crippen molar-refractivity contribution in [2.45, 2.75) is 50.2 Å². The fourth-order valence-corrected chi connectivity index (χ4v) is 4.16. The van der Waals surface area contributed by atoms with Gasteiger partial charge in [0.1, 0.15) is 24.4 Å². The zero-order chi connectivity index (χ0) is 27.7. The number of aliphatic carboxylic acids is 1.